The third-order valence-corrected chi connectivity index (χ3v) is 3.21. The van der Waals surface area contributed by atoms with Gasteiger partial charge < -0.3 is 5.32 Å². The topological polar surface area (TPSA) is 55.6 Å². The minimum absolute atomic E-state index is 0.000167. The van der Waals surface area contributed by atoms with Crippen molar-refractivity contribution in [2.24, 2.45) is 0 Å². The highest BCUT2D eigenvalue weighted by molar-refractivity contribution is 5.30. The summed E-state index contributed by atoms with van der Waals surface area (Å²) in [6.45, 7) is 10.9. The minimum atomic E-state index is -0.148. The summed E-state index contributed by atoms with van der Waals surface area (Å²) in [4.78, 5) is 0. The first-order valence-corrected chi connectivity index (χ1v) is 7.02. The van der Waals surface area contributed by atoms with Crippen LogP contribution in [0.25, 0.3) is 0 Å². The molecule has 0 radical (unpaired) electrons. The van der Waals surface area contributed by atoms with E-state index in [0.29, 0.717) is 24.2 Å². The molecule has 0 saturated carbocycles. The lowest BCUT2D eigenvalue weighted by molar-refractivity contribution is 0.410. The number of nitrogens with one attached hydrogen (secondary N) is 1. The summed E-state index contributed by atoms with van der Waals surface area (Å²) in [5.74, 6) is 0.620. The Hall–Kier alpha value is -1.82. The monoisotopic (exact) mass is 291 g/mol. The van der Waals surface area contributed by atoms with Gasteiger partial charge in [0.2, 0.25) is 0 Å². The Morgan fingerprint density at radius 1 is 1.19 bits per heavy atom. The van der Waals surface area contributed by atoms with Gasteiger partial charge in [0.25, 0.3) is 0 Å². The molecule has 114 valence electrons. The molecule has 6 heteroatoms. The van der Waals surface area contributed by atoms with Crippen LogP contribution in [0.15, 0.2) is 12.1 Å². The highest BCUT2D eigenvalue weighted by Gasteiger charge is 2.13. The van der Waals surface area contributed by atoms with E-state index >= 15 is 0 Å². The fourth-order valence-corrected chi connectivity index (χ4v) is 2.12. The second-order valence-corrected chi connectivity index (χ2v) is 6.40. The standard InChI is InChI=1S/C15H22FN5/c1-10-6-12(7-11(2)14(10)16)9-21-13(18-19-20-21)8-17-15(3,4)5/h6-7,17H,8-9H2,1-5H3. The fourth-order valence-electron chi connectivity index (χ4n) is 2.12. The lowest BCUT2D eigenvalue weighted by atomic mass is 10.1. The zero-order valence-corrected chi connectivity index (χ0v) is 13.2. The summed E-state index contributed by atoms with van der Waals surface area (Å²) in [6, 6.07) is 3.68. The van der Waals surface area contributed by atoms with E-state index in [-0.39, 0.29) is 11.4 Å². The molecule has 0 aliphatic heterocycles. The highest BCUT2D eigenvalue weighted by atomic mass is 19.1. The molecule has 1 aromatic carbocycles. The molecule has 2 aromatic rings. The van der Waals surface area contributed by atoms with Crippen LogP contribution in [0.3, 0.4) is 0 Å². The number of aryl methyl sites for hydroxylation is 2. The lowest BCUT2D eigenvalue weighted by Crippen LogP contribution is -2.36. The van der Waals surface area contributed by atoms with Gasteiger partial charge in [-0.05, 0) is 61.7 Å². The molecule has 21 heavy (non-hydrogen) atoms. The predicted octanol–water partition coefficient (Wildman–Crippen LogP) is 2.37. The summed E-state index contributed by atoms with van der Waals surface area (Å²) in [5.41, 5.74) is 2.29. The third kappa shape index (κ3) is 4.07. The molecule has 0 bridgehead atoms. The van der Waals surface area contributed by atoms with Crippen LogP contribution in [0.4, 0.5) is 4.39 Å². The molecule has 1 aromatic heterocycles. The second kappa shape index (κ2) is 5.89. The molecule has 0 unspecified atom stereocenters. The Morgan fingerprint density at radius 2 is 1.81 bits per heavy atom. The van der Waals surface area contributed by atoms with Crippen molar-refractivity contribution in [3.8, 4) is 0 Å². The van der Waals surface area contributed by atoms with Crippen LogP contribution in [0, 0.1) is 19.7 Å². The van der Waals surface area contributed by atoms with Gasteiger partial charge in [-0.2, -0.15) is 0 Å². The predicted molar refractivity (Wildman–Crippen MR) is 79.4 cm³/mol. The number of hydrogen-bond acceptors (Lipinski definition) is 4. The number of nitrogens with zero attached hydrogens (tertiary/aromatic N) is 4. The van der Waals surface area contributed by atoms with Gasteiger partial charge in [0.05, 0.1) is 13.1 Å². The summed E-state index contributed by atoms with van der Waals surface area (Å²) < 4.78 is 15.4. The zero-order chi connectivity index (χ0) is 15.6. The molecule has 0 atom stereocenters. The Labute approximate surface area is 124 Å². The SMILES string of the molecule is Cc1cc(Cn2nnnc2CNC(C)(C)C)cc(C)c1F. The van der Waals surface area contributed by atoms with E-state index in [4.69, 9.17) is 0 Å². The van der Waals surface area contributed by atoms with Gasteiger partial charge in [0, 0.05) is 5.54 Å². The number of rotatable bonds is 4. The summed E-state index contributed by atoms with van der Waals surface area (Å²) >= 11 is 0. The third-order valence-electron chi connectivity index (χ3n) is 3.21. The van der Waals surface area contributed by atoms with Crippen LogP contribution in [-0.2, 0) is 13.1 Å². The van der Waals surface area contributed by atoms with Gasteiger partial charge >= 0.3 is 0 Å². The van der Waals surface area contributed by atoms with Crippen LogP contribution in [0.5, 0.6) is 0 Å². The maximum Gasteiger partial charge on any atom is 0.165 e. The van der Waals surface area contributed by atoms with E-state index in [1.54, 1.807) is 18.5 Å². The number of benzene rings is 1. The van der Waals surface area contributed by atoms with Crippen LogP contribution < -0.4 is 5.32 Å². The Bertz CT molecular complexity index is 604. The van der Waals surface area contributed by atoms with Crippen molar-refractivity contribution in [1.82, 2.24) is 25.5 Å². The molecule has 2 rings (SSSR count). The van der Waals surface area contributed by atoms with Crippen molar-refractivity contribution in [2.45, 2.75) is 53.2 Å². The molecule has 0 amide bonds. The van der Waals surface area contributed by atoms with Crippen LogP contribution >= 0.6 is 0 Å². The molecule has 1 N–H and O–H groups in total. The largest absolute Gasteiger partial charge is 0.305 e. The van der Waals surface area contributed by atoms with Gasteiger partial charge in [-0.3, -0.25) is 0 Å². The smallest absolute Gasteiger partial charge is 0.165 e. The molecule has 0 fully saturated rings. The average Bonchev–Trinajstić information content (AvgIpc) is 2.80. The van der Waals surface area contributed by atoms with E-state index < -0.39 is 0 Å². The van der Waals surface area contributed by atoms with Crippen molar-refractivity contribution in [3.05, 3.63) is 40.5 Å². The normalized spacial score (nSPS) is 11.9. The molecule has 0 spiro atoms. The molecule has 5 nitrogen and oxygen atoms in total. The van der Waals surface area contributed by atoms with Crippen molar-refractivity contribution in [1.29, 1.82) is 0 Å². The highest BCUT2D eigenvalue weighted by Crippen LogP contribution is 2.15. The fraction of sp³-hybridized carbons (Fsp3) is 0.533. The molecule has 0 aliphatic carbocycles. The van der Waals surface area contributed by atoms with Crippen molar-refractivity contribution < 1.29 is 4.39 Å². The Morgan fingerprint density at radius 3 is 2.38 bits per heavy atom. The van der Waals surface area contributed by atoms with E-state index in [1.165, 1.54) is 0 Å². The maximum absolute atomic E-state index is 13.7. The van der Waals surface area contributed by atoms with Crippen molar-refractivity contribution in [2.75, 3.05) is 0 Å². The minimum Gasteiger partial charge on any atom is -0.305 e. The first-order chi connectivity index (χ1) is 9.76. The lowest BCUT2D eigenvalue weighted by Gasteiger charge is -2.20. The number of tetrazole rings is 1. The van der Waals surface area contributed by atoms with Crippen LogP contribution in [0.2, 0.25) is 0 Å². The van der Waals surface area contributed by atoms with Crippen molar-refractivity contribution in [3.63, 3.8) is 0 Å². The maximum atomic E-state index is 13.7. The number of aromatic nitrogens is 4. The molecular formula is C15H22FN5. The summed E-state index contributed by atoms with van der Waals surface area (Å²) in [6.07, 6.45) is 0. The van der Waals surface area contributed by atoms with E-state index in [9.17, 15) is 4.39 Å². The Balaban J connectivity index is 2.16. The molecular weight excluding hydrogens is 269 g/mol. The van der Waals surface area contributed by atoms with E-state index in [2.05, 4.69) is 41.6 Å². The number of halogens is 1. The van der Waals surface area contributed by atoms with E-state index in [0.717, 1.165) is 11.4 Å². The second-order valence-electron chi connectivity index (χ2n) is 6.40. The molecule has 0 aliphatic rings. The summed E-state index contributed by atoms with van der Waals surface area (Å²) in [5, 5.41) is 15.1. The van der Waals surface area contributed by atoms with Crippen LogP contribution in [-0.4, -0.2) is 25.7 Å². The van der Waals surface area contributed by atoms with Gasteiger partial charge in [-0.25, -0.2) is 9.07 Å². The number of hydrogen-bond donors (Lipinski definition) is 1. The Kier molecular flexibility index (Phi) is 4.37. The quantitative estimate of drug-likeness (QED) is 0.939. The van der Waals surface area contributed by atoms with Gasteiger partial charge in [0.1, 0.15) is 5.82 Å². The molecule has 0 saturated heterocycles. The van der Waals surface area contributed by atoms with Gasteiger partial charge in [-0.15, -0.1) is 5.10 Å². The zero-order valence-electron chi connectivity index (χ0n) is 13.2. The van der Waals surface area contributed by atoms with Crippen molar-refractivity contribution >= 4 is 0 Å². The molecule has 1 heterocycles. The van der Waals surface area contributed by atoms with Crippen LogP contribution in [0.1, 0.15) is 43.3 Å². The van der Waals surface area contributed by atoms with Gasteiger partial charge in [0.15, 0.2) is 5.82 Å². The van der Waals surface area contributed by atoms with E-state index in [1.807, 2.05) is 12.1 Å². The summed E-state index contributed by atoms with van der Waals surface area (Å²) in [7, 11) is 0. The average molecular weight is 291 g/mol. The van der Waals surface area contributed by atoms with Gasteiger partial charge in [-0.1, -0.05) is 12.1 Å². The first-order valence-electron chi connectivity index (χ1n) is 7.02. The first kappa shape index (κ1) is 15.6.